The number of hydrogen-bond acceptors (Lipinski definition) is 2. The molecule has 0 N–H and O–H groups in total. The molecule has 1 aliphatic heterocycles. The monoisotopic (exact) mass is 231 g/mol. The highest BCUT2D eigenvalue weighted by molar-refractivity contribution is 5.99. The molecule has 0 atom stereocenters. The van der Waals surface area contributed by atoms with Crippen LogP contribution in [-0.4, -0.2) is 18.2 Å². The number of carbonyl (C=O) groups excluding carboxylic acids is 1. The van der Waals surface area contributed by atoms with E-state index < -0.39 is 5.60 Å². The molecular formula is C14H17NO2. The van der Waals surface area contributed by atoms with Gasteiger partial charge < -0.3 is 4.74 Å². The van der Waals surface area contributed by atoms with Gasteiger partial charge >= 0.3 is 6.09 Å². The largest absolute Gasteiger partial charge is 0.443 e. The molecule has 0 aromatic heterocycles. The Morgan fingerprint density at radius 2 is 2.00 bits per heavy atom. The van der Waals surface area contributed by atoms with Crippen LogP contribution in [0.5, 0.6) is 0 Å². The summed E-state index contributed by atoms with van der Waals surface area (Å²) in [5, 5.41) is 0. The number of carbonyl (C=O) groups is 1. The molecule has 2 rings (SSSR count). The number of nitrogens with zero attached hydrogens (tertiary/aromatic N) is 1. The second-order valence-corrected chi connectivity index (χ2v) is 5.19. The molecule has 0 saturated heterocycles. The fourth-order valence-corrected chi connectivity index (χ4v) is 1.85. The van der Waals surface area contributed by atoms with Crippen molar-refractivity contribution in [2.45, 2.75) is 26.4 Å². The minimum atomic E-state index is -0.476. The predicted molar refractivity (Wildman–Crippen MR) is 69.1 cm³/mol. The summed E-state index contributed by atoms with van der Waals surface area (Å²) in [6.07, 6.45) is -0.316. The van der Waals surface area contributed by atoms with Crippen LogP contribution in [0.25, 0.3) is 5.57 Å². The third kappa shape index (κ3) is 2.33. The molecule has 0 aliphatic carbocycles. The maximum Gasteiger partial charge on any atom is 0.415 e. The topological polar surface area (TPSA) is 29.5 Å². The van der Waals surface area contributed by atoms with Crippen LogP contribution in [0, 0.1) is 0 Å². The van der Waals surface area contributed by atoms with E-state index in [1.807, 2.05) is 45.0 Å². The first-order chi connectivity index (χ1) is 7.88. The number of rotatable bonds is 0. The summed E-state index contributed by atoms with van der Waals surface area (Å²) >= 11 is 0. The average Bonchev–Trinajstić information content (AvgIpc) is 2.55. The number of fused-ring (bicyclic) bond motifs is 1. The van der Waals surface area contributed by atoms with Gasteiger partial charge in [0, 0.05) is 5.56 Å². The lowest BCUT2D eigenvalue weighted by Gasteiger charge is -2.24. The van der Waals surface area contributed by atoms with E-state index in [4.69, 9.17) is 4.74 Å². The zero-order chi connectivity index (χ0) is 12.6. The smallest absolute Gasteiger partial charge is 0.415 e. The molecule has 0 fully saturated rings. The molecular weight excluding hydrogens is 214 g/mol. The normalized spacial score (nSPS) is 14.8. The molecule has 1 amide bonds. The number of anilines is 1. The van der Waals surface area contributed by atoms with E-state index in [0.717, 1.165) is 16.8 Å². The molecule has 0 spiro atoms. The van der Waals surface area contributed by atoms with Crippen LogP contribution in [0.1, 0.15) is 26.3 Å². The Kier molecular flexibility index (Phi) is 2.69. The zero-order valence-corrected chi connectivity index (χ0v) is 10.5. The highest BCUT2D eigenvalue weighted by Crippen LogP contribution is 2.35. The van der Waals surface area contributed by atoms with Crippen molar-refractivity contribution in [1.82, 2.24) is 0 Å². The third-order valence-corrected chi connectivity index (χ3v) is 2.54. The van der Waals surface area contributed by atoms with Gasteiger partial charge in [-0.15, -0.1) is 0 Å². The van der Waals surface area contributed by atoms with Gasteiger partial charge in [0.2, 0.25) is 0 Å². The second-order valence-electron chi connectivity index (χ2n) is 5.19. The molecule has 0 bridgehead atoms. The quantitative estimate of drug-likeness (QED) is 0.684. The Labute approximate surface area is 102 Å². The number of amides is 1. The molecule has 1 aliphatic rings. The molecule has 1 aromatic carbocycles. The molecule has 1 heterocycles. The fraction of sp³-hybridized carbons (Fsp3) is 0.357. The minimum absolute atomic E-state index is 0.316. The molecule has 0 radical (unpaired) electrons. The highest BCUT2D eigenvalue weighted by Gasteiger charge is 2.30. The van der Waals surface area contributed by atoms with Gasteiger partial charge in [0.25, 0.3) is 0 Å². The Balaban J connectivity index is 2.26. The SMILES string of the molecule is C=C1CN(C(=O)OC(C)(C)C)c2ccccc21. The van der Waals surface area contributed by atoms with Gasteiger partial charge in [-0.05, 0) is 32.4 Å². The summed E-state index contributed by atoms with van der Waals surface area (Å²) in [7, 11) is 0. The van der Waals surface area contributed by atoms with Gasteiger partial charge in [-0.25, -0.2) is 4.79 Å². The maximum absolute atomic E-state index is 12.0. The summed E-state index contributed by atoms with van der Waals surface area (Å²) in [5.74, 6) is 0. The minimum Gasteiger partial charge on any atom is -0.443 e. The summed E-state index contributed by atoms with van der Waals surface area (Å²) < 4.78 is 5.37. The van der Waals surface area contributed by atoms with E-state index in [-0.39, 0.29) is 6.09 Å². The van der Waals surface area contributed by atoms with E-state index in [1.165, 1.54) is 0 Å². The van der Waals surface area contributed by atoms with Crippen molar-refractivity contribution in [3.05, 3.63) is 36.4 Å². The van der Waals surface area contributed by atoms with E-state index in [9.17, 15) is 4.79 Å². The number of para-hydroxylation sites is 1. The van der Waals surface area contributed by atoms with Crippen molar-refractivity contribution in [1.29, 1.82) is 0 Å². The van der Waals surface area contributed by atoms with E-state index in [1.54, 1.807) is 4.90 Å². The van der Waals surface area contributed by atoms with Crippen molar-refractivity contribution in [3.8, 4) is 0 Å². The number of hydrogen-bond donors (Lipinski definition) is 0. The molecule has 3 nitrogen and oxygen atoms in total. The standard InChI is InChI=1S/C14H17NO2/c1-10-9-15(13(16)17-14(2,3)4)12-8-6-5-7-11(10)12/h5-8H,1,9H2,2-4H3. The average molecular weight is 231 g/mol. The lowest BCUT2D eigenvalue weighted by Crippen LogP contribution is -2.35. The summed E-state index contributed by atoms with van der Waals surface area (Å²) in [6.45, 7) is 10.1. The lowest BCUT2D eigenvalue weighted by molar-refractivity contribution is 0.0586. The summed E-state index contributed by atoms with van der Waals surface area (Å²) in [6, 6.07) is 7.75. The fourth-order valence-electron chi connectivity index (χ4n) is 1.85. The van der Waals surface area contributed by atoms with Crippen molar-refractivity contribution >= 4 is 17.4 Å². The van der Waals surface area contributed by atoms with Gasteiger partial charge in [-0.3, -0.25) is 4.90 Å². The van der Waals surface area contributed by atoms with Crippen LogP contribution in [0.4, 0.5) is 10.5 Å². The zero-order valence-electron chi connectivity index (χ0n) is 10.5. The molecule has 1 aromatic rings. The van der Waals surface area contributed by atoms with Gasteiger partial charge in [-0.1, -0.05) is 24.8 Å². The Hall–Kier alpha value is -1.77. The first kappa shape index (κ1) is 11.7. The van der Waals surface area contributed by atoms with Crippen molar-refractivity contribution < 1.29 is 9.53 Å². The van der Waals surface area contributed by atoms with Crippen LogP contribution in [0.15, 0.2) is 30.8 Å². The number of benzene rings is 1. The van der Waals surface area contributed by atoms with Crippen molar-refractivity contribution in [2.75, 3.05) is 11.4 Å². The van der Waals surface area contributed by atoms with Crippen LogP contribution in [0.3, 0.4) is 0 Å². The maximum atomic E-state index is 12.0. The Morgan fingerprint density at radius 1 is 1.35 bits per heavy atom. The van der Waals surface area contributed by atoms with E-state index >= 15 is 0 Å². The second kappa shape index (κ2) is 3.91. The van der Waals surface area contributed by atoms with Gasteiger partial charge in [0.05, 0.1) is 12.2 Å². The van der Waals surface area contributed by atoms with Gasteiger partial charge in [0.15, 0.2) is 0 Å². The Morgan fingerprint density at radius 3 is 2.65 bits per heavy atom. The van der Waals surface area contributed by atoms with Gasteiger partial charge in [-0.2, -0.15) is 0 Å². The lowest BCUT2D eigenvalue weighted by atomic mass is 10.1. The highest BCUT2D eigenvalue weighted by atomic mass is 16.6. The van der Waals surface area contributed by atoms with E-state index in [2.05, 4.69) is 6.58 Å². The molecule has 3 heteroatoms. The summed E-state index contributed by atoms with van der Waals surface area (Å²) in [4.78, 5) is 13.7. The van der Waals surface area contributed by atoms with Crippen molar-refractivity contribution in [3.63, 3.8) is 0 Å². The van der Waals surface area contributed by atoms with Gasteiger partial charge in [0.1, 0.15) is 5.60 Å². The van der Waals surface area contributed by atoms with Crippen LogP contribution < -0.4 is 4.90 Å². The summed E-state index contributed by atoms with van der Waals surface area (Å²) in [5.41, 5.74) is 2.38. The van der Waals surface area contributed by atoms with Crippen molar-refractivity contribution in [2.24, 2.45) is 0 Å². The predicted octanol–water partition coefficient (Wildman–Crippen LogP) is 3.45. The first-order valence-corrected chi connectivity index (χ1v) is 5.66. The van der Waals surface area contributed by atoms with E-state index in [0.29, 0.717) is 6.54 Å². The first-order valence-electron chi connectivity index (χ1n) is 5.66. The Bertz CT molecular complexity index is 471. The molecule has 17 heavy (non-hydrogen) atoms. The van der Waals surface area contributed by atoms with Crippen LogP contribution >= 0.6 is 0 Å². The third-order valence-electron chi connectivity index (χ3n) is 2.54. The molecule has 0 saturated carbocycles. The number of ether oxygens (including phenoxy) is 1. The van der Waals surface area contributed by atoms with Crippen LogP contribution in [-0.2, 0) is 4.74 Å². The molecule has 0 unspecified atom stereocenters. The molecule has 90 valence electrons. The van der Waals surface area contributed by atoms with Crippen LogP contribution in [0.2, 0.25) is 0 Å².